The van der Waals surface area contributed by atoms with E-state index in [1.807, 2.05) is 32.0 Å². The van der Waals surface area contributed by atoms with Crippen LogP contribution in [0.25, 0.3) is 11.3 Å². The SMILES string of the molecule is Cc1cccc(C)c1-c1cc2nc(n1)NS(=O)(=O)c1cccc(c1)C(=O)N(C)CC(c1ccc(CC3(C(F)(F)F)CC3)cn1)O2.[HH]. The molecular formula is C32H32F3N5O4S. The highest BCUT2D eigenvalue weighted by molar-refractivity contribution is 7.92. The molecule has 6 rings (SSSR count). The van der Waals surface area contributed by atoms with Gasteiger partial charge >= 0.3 is 6.18 Å². The number of benzene rings is 2. The molecule has 2 aliphatic rings. The van der Waals surface area contributed by atoms with Gasteiger partial charge in [0.05, 0.1) is 28.2 Å². The van der Waals surface area contributed by atoms with Gasteiger partial charge in [-0.05, 0) is 74.1 Å². The largest absolute Gasteiger partial charge is 0.466 e. The molecule has 1 aliphatic heterocycles. The monoisotopic (exact) mass is 639 g/mol. The standard InChI is InChI=1S/C32H30F3N5O4S.H2/c1-19-6-4-7-20(2)28(19)25-15-27-38-30(37-25)39-45(42,43)23-9-5-8-22(14-23)29(41)40(3)18-26(44-27)24-11-10-21(17-36-24)16-31(12-13-31)32(33,34)35;/h4-11,14-15,17,26H,12-13,16,18H2,1-3H3,(H,37,38,39);1H. The number of ether oxygens (including phenoxy) is 1. The Kier molecular flexibility index (Phi) is 7.54. The summed E-state index contributed by atoms with van der Waals surface area (Å²) in [5.74, 6) is -0.693. The number of halogens is 3. The number of aryl methyl sites for hydroxylation is 2. The predicted molar refractivity (Wildman–Crippen MR) is 162 cm³/mol. The molecule has 4 aromatic rings. The third-order valence-electron chi connectivity index (χ3n) is 8.28. The van der Waals surface area contributed by atoms with Crippen LogP contribution >= 0.6 is 0 Å². The zero-order chi connectivity index (χ0) is 32.1. The number of pyridine rings is 1. The molecule has 1 N–H and O–H groups in total. The Hall–Kier alpha value is -4.52. The summed E-state index contributed by atoms with van der Waals surface area (Å²) in [4.78, 5) is 28.0. The Labute approximate surface area is 260 Å². The number of carbonyl (C=O) groups is 1. The summed E-state index contributed by atoms with van der Waals surface area (Å²) in [7, 11) is -2.66. The fourth-order valence-electron chi connectivity index (χ4n) is 5.57. The molecule has 236 valence electrons. The van der Waals surface area contributed by atoms with Crippen LogP contribution < -0.4 is 9.46 Å². The minimum Gasteiger partial charge on any atom is -0.466 e. The fourth-order valence-corrected chi connectivity index (χ4v) is 6.56. The van der Waals surface area contributed by atoms with Gasteiger partial charge in [-0.25, -0.2) is 18.1 Å². The minimum absolute atomic E-state index is 0. The second-order valence-corrected chi connectivity index (χ2v) is 13.3. The van der Waals surface area contributed by atoms with E-state index in [1.54, 1.807) is 25.2 Å². The second kappa shape index (κ2) is 11.1. The number of nitrogens with one attached hydrogen (secondary N) is 1. The Balaban J connectivity index is 0.00000417. The zero-order valence-electron chi connectivity index (χ0n) is 24.7. The smallest absolute Gasteiger partial charge is 0.394 e. The van der Waals surface area contributed by atoms with Gasteiger partial charge in [0.15, 0.2) is 6.10 Å². The molecule has 1 aliphatic carbocycles. The van der Waals surface area contributed by atoms with Crippen molar-refractivity contribution in [3.63, 3.8) is 0 Å². The van der Waals surface area contributed by atoms with Crippen LogP contribution in [-0.4, -0.2) is 53.9 Å². The van der Waals surface area contributed by atoms with Crippen molar-refractivity contribution in [1.29, 1.82) is 0 Å². The number of likely N-dealkylation sites (N-methyl/N-ethyl adjacent to an activating group) is 1. The number of rotatable bonds is 4. The van der Waals surface area contributed by atoms with Gasteiger partial charge in [0.2, 0.25) is 11.8 Å². The predicted octanol–water partition coefficient (Wildman–Crippen LogP) is 6.29. The van der Waals surface area contributed by atoms with Crippen LogP contribution in [0.1, 0.15) is 53.1 Å². The molecule has 0 radical (unpaired) electrons. The van der Waals surface area contributed by atoms with Crippen molar-refractivity contribution in [3.8, 4) is 17.1 Å². The quantitative estimate of drug-likeness (QED) is 0.279. The van der Waals surface area contributed by atoms with E-state index < -0.39 is 33.6 Å². The van der Waals surface area contributed by atoms with Crippen molar-refractivity contribution in [3.05, 3.63) is 94.8 Å². The van der Waals surface area contributed by atoms with Crippen molar-refractivity contribution >= 4 is 21.9 Å². The van der Waals surface area contributed by atoms with Crippen LogP contribution in [0.5, 0.6) is 5.88 Å². The highest BCUT2D eigenvalue weighted by Gasteiger charge is 2.62. The van der Waals surface area contributed by atoms with Gasteiger partial charge in [-0.15, -0.1) is 0 Å². The van der Waals surface area contributed by atoms with E-state index in [9.17, 15) is 26.4 Å². The summed E-state index contributed by atoms with van der Waals surface area (Å²) in [5.41, 5.74) is 2.17. The number of anilines is 1. The lowest BCUT2D eigenvalue weighted by Crippen LogP contribution is -2.33. The summed E-state index contributed by atoms with van der Waals surface area (Å²) < 4.78 is 76.3. The first-order chi connectivity index (χ1) is 21.2. The van der Waals surface area contributed by atoms with Gasteiger partial charge in [-0.3, -0.25) is 9.78 Å². The van der Waals surface area contributed by atoms with E-state index in [0.29, 0.717) is 17.0 Å². The van der Waals surface area contributed by atoms with Crippen molar-refractivity contribution in [2.45, 2.75) is 50.3 Å². The third-order valence-corrected chi connectivity index (χ3v) is 9.61. The first-order valence-corrected chi connectivity index (χ1v) is 15.8. The number of nitrogens with zero attached hydrogens (tertiary/aromatic N) is 4. The molecule has 4 bridgehead atoms. The summed E-state index contributed by atoms with van der Waals surface area (Å²) in [6.07, 6.45) is -3.81. The summed E-state index contributed by atoms with van der Waals surface area (Å²) in [6, 6.07) is 16.1. The van der Waals surface area contributed by atoms with Crippen molar-refractivity contribution < 1.29 is 32.5 Å². The van der Waals surface area contributed by atoms with Gasteiger partial charge in [-0.1, -0.05) is 30.3 Å². The first kappa shape index (κ1) is 30.5. The molecule has 1 unspecified atom stereocenters. The van der Waals surface area contributed by atoms with Gasteiger partial charge in [-0.2, -0.15) is 18.2 Å². The number of aromatic nitrogens is 3. The molecule has 1 atom stereocenters. The van der Waals surface area contributed by atoms with Crippen LogP contribution in [0.15, 0.2) is 71.8 Å². The van der Waals surface area contributed by atoms with Crippen LogP contribution in [0.2, 0.25) is 0 Å². The number of amides is 1. The van der Waals surface area contributed by atoms with E-state index in [2.05, 4.69) is 19.7 Å². The maximum Gasteiger partial charge on any atom is 0.394 e. The molecule has 3 heterocycles. The van der Waals surface area contributed by atoms with Crippen LogP contribution in [0, 0.1) is 19.3 Å². The van der Waals surface area contributed by atoms with Gasteiger partial charge in [0.25, 0.3) is 15.9 Å². The maximum absolute atomic E-state index is 13.6. The second-order valence-electron chi connectivity index (χ2n) is 11.7. The lowest BCUT2D eigenvalue weighted by Gasteiger charge is -2.25. The topological polar surface area (TPSA) is 114 Å². The fraction of sp³-hybridized carbons (Fsp3) is 0.312. The van der Waals surface area contributed by atoms with Crippen molar-refractivity contribution in [2.24, 2.45) is 5.41 Å². The molecule has 1 saturated carbocycles. The van der Waals surface area contributed by atoms with Crippen LogP contribution in [0.3, 0.4) is 0 Å². The molecule has 9 nitrogen and oxygen atoms in total. The third kappa shape index (κ3) is 6.08. The molecule has 13 heteroatoms. The lowest BCUT2D eigenvalue weighted by molar-refractivity contribution is -0.186. The van der Waals surface area contributed by atoms with Gasteiger partial charge in [0, 0.05) is 31.9 Å². The van der Waals surface area contributed by atoms with E-state index in [0.717, 1.165) is 16.7 Å². The Bertz CT molecular complexity index is 1880. The van der Waals surface area contributed by atoms with E-state index in [-0.39, 0.29) is 49.5 Å². The Morgan fingerprint density at radius 3 is 2.40 bits per heavy atom. The number of hydrogen-bond acceptors (Lipinski definition) is 7. The molecule has 0 spiro atoms. The minimum atomic E-state index is -4.29. The normalized spacial score (nSPS) is 18.9. The Morgan fingerprint density at radius 2 is 1.76 bits per heavy atom. The number of fused-ring (bicyclic) bond motifs is 4. The Morgan fingerprint density at radius 1 is 1.04 bits per heavy atom. The van der Waals surface area contributed by atoms with Crippen molar-refractivity contribution in [2.75, 3.05) is 18.3 Å². The number of alkyl halides is 3. The lowest BCUT2D eigenvalue weighted by atomic mass is 9.96. The van der Waals surface area contributed by atoms with Crippen LogP contribution in [0.4, 0.5) is 19.1 Å². The number of hydrogen-bond donors (Lipinski definition) is 1. The van der Waals surface area contributed by atoms with Gasteiger partial charge < -0.3 is 9.64 Å². The summed E-state index contributed by atoms with van der Waals surface area (Å²) in [6.45, 7) is 3.78. The summed E-state index contributed by atoms with van der Waals surface area (Å²) >= 11 is 0. The zero-order valence-corrected chi connectivity index (χ0v) is 25.5. The maximum atomic E-state index is 13.6. The first-order valence-electron chi connectivity index (χ1n) is 14.3. The average Bonchev–Trinajstić information content (AvgIpc) is 3.77. The molecule has 2 aromatic carbocycles. The molecule has 45 heavy (non-hydrogen) atoms. The number of sulfonamides is 1. The van der Waals surface area contributed by atoms with E-state index in [1.165, 1.54) is 35.4 Å². The van der Waals surface area contributed by atoms with Gasteiger partial charge in [0.1, 0.15) is 0 Å². The average molecular weight is 640 g/mol. The van der Waals surface area contributed by atoms with E-state index in [4.69, 9.17) is 4.74 Å². The number of carbonyl (C=O) groups excluding carboxylic acids is 1. The van der Waals surface area contributed by atoms with Crippen molar-refractivity contribution in [1.82, 2.24) is 19.9 Å². The van der Waals surface area contributed by atoms with Crippen LogP contribution in [-0.2, 0) is 16.4 Å². The highest BCUT2D eigenvalue weighted by atomic mass is 32.2. The molecule has 0 saturated heterocycles. The molecule has 2 aromatic heterocycles. The van der Waals surface area contributed by atoms with E-state index >= 15 is 0 Å². The molecule has 1 fully saturated rings. The molecule has 1 amide bonds. The molecular weight excluding hydrogens is 607 g/mol. The summed E-state index contributed by atoms with van der Waals surface area (Å²) in [5, 5.41) is 0. The highest BCUT2D eigenvalue weighted by Crippen LogP contribution is 2.59.